The van der Waals surface area contributed by atoms with Gasteiger partial charge in [0.15, 0.2) is 0 Å². The van der Waals surface area contributed by atoms with Gasteiger partial charge >= 0.3 is 0 Å². The van der Waals surface area contributed by atoms with Crippen LogP contribution in [0.5, 0.6) is 0 Å². The van der Waals surface area contributed by atoms with E-state index in [4.69, 9.17) is 21.7 Å². The van der Waals surface area contributed by atoms with Gasteiger partial charge in [-0.15, -0.1) is 0 Å². The van der Waals surface area contributed by atoms with Gasteiger partial charge < -0.3 is 21.7 Å². The Morgan fingerprint density at radius 3 is 1.06 bits per heavy atom. The molecule has 0 rings (SSSR count). The Labute approximate surface area is 94.6 Å². The summed E-state index contributed by atoms with van der Waals surface area (Å²) in [5, 5.41) is 14.9. The molecule has 6 heteroatoms. The third kappa shape index (κ3) is 29.8. The van der Waals surface area contributed by atoms with Crippen molar-refractivity contribution < 1.29 is 19.8 Å². The highest BCUT2D eigenvalue weighted by molar-refractivity contribution is 5.90. The lowest BCUT2D eigenvalue weighted by Gasteiger charge is -1.81. The van der Waals surface area contributed by atoms with E-state index in [0.717, 1.165) is 0 Å². The van der Waals surface area contributed by atoms with E-state index < -0.39 is 11.8 Å². The van der Waals surface area contributed by atoms with Crippen LogP contribution in [0, 0.1) is 0 Å². The first-order valence-electron chi connectivity index (χ1n) is 4.04. The fraction of sp³-hybridized carbons (Fsp3) is 0.200. The molecule has 92 valence electrons. The summed E-state index contributed by atoms with van der Waals surface area (Å²) in [6, 6.07) is 0. The summed E-state index contributed by atoms with van der Waals surface area (Å²) in [6.45, 7) is 9.70. The van der Waals surface area contributed by atoms with Crippen LogP contribution in [0.3, 0.4) is 0 Å². The molecule has 0 aromatic heterocycles. The number of aliphatic hydroxyl groups is 2. The molecule has 0 saturated carbocycles. The van der Waals surface area contributed by atoms with Gasteiger partial charge in [-0.05, 0) is 13.8 Å². The Bertz CT molecular complexity index is 231. The minimum atomic E-state index is -0.435. The summed E-state index contributed by atoms with van der Waals surface area (Å²) >= 11 is 0. The van der Waals surface area contributed by atoms with Crippen molar-refractivity contribution in [2.45, 2.75) is 13.8 Å². The summed E-state index contributed by atoms with van der Waals surface area (Å²) in [5.74, 6) is -0.870. The minimum absolute atomic E-state index is 0.398. The Hall–Kier alpha value is -2.24. The van der Waals surface area contributed by atoms with Crippen LogP contribution in [-0.2, 0) is 9.59 Å². The molecular weight excluding hydrogens is 212 g/mol. The quantitative estimate of drug-likeness (QED) is 0.410. The van der Waals surface area contributed by atoms with Crippen LogP contribution < -0.4 is 11.5 Å². The summed E-state index contributed by atoms with van der Waals surface area (Å²) < 4.78 is 0. The molecule has 0 bridgehead atoms. The van der Waals surface area contributed by atoms with Gasteiger partial charge in [-0.25, -0.2) is 0 Å². The van der Waals surface area contributed by atoms with E-state index >= 15 is 0 Å². The molecule has 0 aliphatic carbocycles. The van der Waals surface area contributed by atoms with E-state index in [9.17, 15) is 9.59 Å². The second kappa shape index (κ2) is 12.8. The molecule has 0 heterocycles. The number of carbonyl (C=O) groups excluding carboxylic acids is 2. The predicted molar refractivity (Wildman–Crippen MR) is 62.4 cm³/mol. The number of hydrogen-bond donors (Lipinski definition) is 4. The maximum atomic E-state index is 9.82. The average Bonchev–Trinajstić information content (AvgIpc) is 2.18. The molecule has 0 aliphatic rings. The second-order valence-corrected chi connectivity index (χ2v) is 2.59. The van der Waals surface area contributed by atoms with Crippen molar-refractivity contribution in [1.82, 2.24) is 0 Å². The summed E-state index contributed by atoms with van der Waals surface area (Å²) in [6.07, 6.45) is 1.11. The van der Waals surface area contributed by atoms with E-state index in [0.29, 0.717) is 23.7 Å². The van der Waals surface area contributed by atoms with Crippen LogP contribution in [0.2, 0.25) is 0 Å². The molecule has 6 N–H and O–H groups in total. The lowest BCUT2D eigenvalue weighted by Crippen LogP contribution is -2.10. The fourth-order valence-corrected chi connectivity index (χ4v) is 0. The molecule has 0 fully saturated rings. The first kappa shape index (κ1) is 19.4. The Kier molecular flexibility index (Phi) is 15.4. The van der Waals surface area contributed by atoms with Gasteiger partial charge in [0.05, 0.1) is 0 Å². The Balaban J connectivity index is -0.000000162. The molecule has 0 aromatic carbocycles. The third-order valence-corrected chi connectivity index (χ3v) is 0.908. The summed E-state index contributed by atoms with van der Waals surface area (Å²) in [4.78, 5) is 19.6. The smallest absolute Gasteiger partial charge is 0.243 e. The highest BCUT2D eigenvalue weighted by Gasteiger charge is 1.87. The zero-order valence-electron chi connectivity index (χ0n) is 9.43. The topological polar surface area (TPSA) is 127 Å². The van der Waals surface area contributed by atoms with Crippen molar-refractivity contribution in [3.05, 3.63) is 36.8 Å². The van der Waals surface area contributed by atoms with Gasteiger partial charge in [0.1, 0.15) is 12.5 Å². The Morgan fingerprint density at radius 1 is 0.938 bits per heavy atom. The molecule has 0 unspecified atom stereocenters. The Morgan fingerprint density at radius 2 is 1.06 bits per heavy atom. The molecule has 0 aromatic rings. The maximum absolute atomic E-state index is 9.82. The fourth-order valence-electron chi connectivity index (χ4n) is 0. The van der Waals surface area contributed by atoms with Crippen LogP contribution in [0.15, 0.2) is 36.8 Å². The van der Waals surface area contributed by atoms with Crippen molar-refractivity contribution in [1.29, 1.82) is 0 Å². The zero-order chi connectivity index (χ0) is 13.7. The summed E-state index contributed by atoms with van der Waals surface area (Å²) in [7, 11) is 0. The van der Waals surface area contributed by atoms with Gasteiger partial charge in [0.25, 0.3) is 0 Å². The molecule has 0 radical (unpaired) electrons. The third-order valence-electron chi connectivity index (χ3n) is 0.908. The standard InChI is InChI=1S/2C4H7NO.C2H4O2/c2*1-3(2)4(5)6;3-1-2-4/h2*1H2,2H3,(H2,5,6);1-4H. The number of primary amides is 2. The van der Waals surface area contributed by atoms with Crippen LogP contribution in [-0.4, -0.2) is 22.0 Å². The largest absolute Gasteiger partial charge is 0.512 e. The lowest BCUT2D eigenvalue weighted by molar-refractivity contribution is -0.115. The molecule has 0 aliphatic heterocycles. The van der Waals surface area contributed by atoms with E-state index in [1.165, 1.54) is 0 Å². The normalized spacial score (nSPS) is 7.88. The van der Waals surface area contributed by atoms with Crippen molar-refractivity contribution in [3.63, 3.8) is 0 Å². The number of amides is 2. The molecule has 0 spiro atoms. The number of aliphatic hydroxyl groups excluding tert-OH is 2. The van der Waals surface area contributed by atoms with Gasteiger partial charge in [-0.2, -0.15) is 0 Å². The maximum Gasteiger partial charge on any atom is 0.243 e. The van der Waals surface area contributed by atoms with E-state index in [1.54, 1.807) is 13.8 Å². The lowest BCUT2D eigenvalue weighted by atomic mass is 10.3. The SMILES string of the molecule is C=C(C)C(N)=O.C=C(C)C(N)=O.OC=CO. The molecular formula is C10H18N2O4. The highest BCUT2D eigenvalue weighted by atomic mass is 16.3. The van der Waals surface area contributed by atoms with Crippen LogP contribution >= 0.6 is 0 Å². The number of nitrogens with two attached hydrogens (primary N) is 2. The number of carbonyl (C=O) groups is 2. The minimum Gasteiger partial charge on any atom is -0.512 e. The number of hydrogen-bond acceptors (Lipinski definition) is 4. The zero-order valence-corrected chi connectivity index (χ0v) is 9.43. The molecule has 2 amide bonds. The average molecular weight is 230 g/mol. The summed E-state index contributed by atoms with van der Waals surface area (Å²) in [5.41, 5.74) is 10.2. The van der Waals surface area contributed by atoms with Crippen molar-refractivity contribution in [2.24, 2.45) is 11.5 Å². The van der Waals surface area contributed by atoms with E-state index in [2.05, 4.69) is 13.2 Å². The van der Waals surface area contributed by atoms with E-state index in [1.807, 2.05) is 0 Å². The van der Waals surface area contributed by atoms with Crippen LogP contribution in [0.1, 0.15) is 13.8 Å². The van der Waals surface area contributed by atoms with Gasteiger partial charge in [-0.1, -0.05) is 13.2 Å². The highest BCUT2D eigenvalue weighted by Crippen LogP contribution is 1.78. The second-order valence-electron chi connectivity index (χ2n) is 2.59. The van der Waals surface area contributed by atoms with Gasteiger partial charge in [0.2, 0.25) is 11.8 Å². The van der Waals surface area contributed by atoms with E-state index in [-0.39, 0.29) is 0 Å². The molecule has 0 saturated heterocycles. The van der Waals surface area contributed by atoms with Gasteiger partial charge in [-0.3, -0.25) is 9.59 Å². The van der Waals surface area contributed by atoms with Gasteiger partial charge in [0, 0.05) is 11.1 Å². The first-order chi connectivity index (χ1) is 7.20. The molecule has 16 heavy (non-hydrogen) atoms. The molecule has 6 nitrogen and oxygen atoms in total. The van der Waals surface area contributed by atoms with Crippen LogP contribution in [0.25, 0.3) is 0 Å². The van der Waals surface area contributed by atoms with Crippen LogP contribution in [0.4, 0.5) is 0 Å². The van der Waals surface area contributed by atoms with Crippen molar-refractivity contribution in [2.75, 3.05) is 0 Å². The monoisotopic (exact) mass is 230 g/mol. The van der Waals surface area contributed by atoms with Crippen molar-refractivity contribution >= 4 is 11.8 Å². The number of rotatable bonds is 2. The predicted octanol–water partition coefficient (Wildman–Crippen LogP) is 0.669. The molecule has 0 atom stereocenters. The van der Waals surface area contributed by atoms with Crippen molar-refractivity contribution in [3.8, 4) is 0 Å². The first-order valence-corrected chi connectivity index (χ1v) is 4.04.